The van der Waals surface area contributed by atoms with Crippen LogP contribution in [0.1, 0.15) is 20.3 Å². The minimum absolute atomic E-state index is 0. The third-order valence-corrected chi connectivity index (χ3v) is 0.498. The Morgan fingerprint density at radius 2 is 1.33 bits per heavy atom. The predicted octanol–water partition coefficient (Wildman–Crippen LogP) is -0.273. The van der Waals surface area contributed by atoms with Crippen LogP contribution >= 0.6 is 0 Å². The van der Waals surface area contributed by atoms with Crippen LogP contribution in [0.3, 0.4) is 0 Å². The maximum Gasteiger partial charge on any atom is 0.137 e. The normalized spacial score (nSPS) is 6.44. The number of ketones is 2. The fourth-order valence-corrected chi connectivity index (χ4v) is 0.351. The Balaban J connectivity index is -0.000000180. The quantitative estimate of drug-likeness (QED) is 0.534. The Morgan fingerprint density at radius 3 is 1.33 bits per heavy atom. The minimum atomic E-state index is -0.0625. The average Bonchev–Trinajstić information content (AvgIpc) is 1.27. The van der Waals surface area contributed by atoms with Crippen molar-refractivity contribution < 1.29 is 33.6 Å². The molecule has 0 heterocycles. The number of carbonyl (C=O) groups excluding carboxylic acids is 2. The van der Waals surface area contributed by atoms with E-state index < -0.39 is 0 Å². The SMILES string of the molecule is CC(=O)CC(C)=O.O.[V]. The van der Waals surface area contributed by atoms with Gasteiger partial charge in [-0.2, -0.15) is 0 Å². The molecule has 0 spiro atoms. The van der Waals surface area contributed by atoms with Crippen LogP contribution in [0.4, 0.5) is 0 Å². The average molecular weight is 169 g/mol. The van der Waals surface area contributed by atoms with Crippen LogP contribution < -0.4 is 0 Å². The van der Waals surface area contributed by atoms with Gasteiger partial charge in [0.2, 0.25) is 0 Å². The molecule has 0 saturated carbocycles. The first-order valence-corrected chi connectivity index (χ1v) is 2.12. The van der Waals surface area contributed by atoms with Gasteiger partial charge in [-0.15, -0.1) is 0 Å². The first kappa shape index (κ1) is 16.0. The molecule has 1 radical (unpaired) electrons. The van der Waals surface area contributed by atoms with Crippen LogP contribution in [-0.2, 0) is 28.1 Å². The molecule has 2 N–H and O–H groups in total. The van der Waals surface area contributed by atoms with Crippen molar-refractivity contribution >= 4 is 11.6 Å². The number of Topliss-reactive ketones (excluding diaryl/α,β-unsaturated/α-hetero) is 2. The van der Waals surface area contributed by atoms with Gasteiger partial charge in [0.05, 0.1) is 6.42 Å². The Labute approximate surface area is 66.0 Å². The van der Waals surface area contributed by atoms with Crippen LogP contribution in [0.25, 0.3) is 0 Å². The number of carbonyl (C=O) groups is 2. The standard InChI is InChI=1S/C5H8O2.H2O.V/c1-4(6)3-5(2)7;;/h3H2,1-2H3;1H2;. The summed E-state index contributed by atoms with van der Waals surface area (Å²) in [4.78, 5) is 20.1. The summed E-state index contributed by atoms with van der Waals surface area (Å²) in [5, 5.41) is 0. The zero-order valence-corrected chi connectivity index (χ0v) is 6.87. The number of hydrogen-bond donors (Lipinski definition) is 0. The summed E-state index contributed by atoms with van der Waals surface area (Å²) in [6.45, 7) is 2.81. The molecule has 0 fully saturated rings. The second-order valence-corrected chi connectivity index (χ2v) is 1.58. The molecule has 0 aliphatic rings. The summed E-state index contributed by atoms with van der Waals surface area (Å²) in [6.07, 6.45) is 0.0833. The second-order valence-electron chi connectivity index (χ2n) is 1.58. The summed E-state index contributed by atoms with van der Waals surface area (Å²) in [6, 6.07) is 0. The Kier molecular flexibility index (Phi) is 14.0. The first-order chi connectivity index (χ1) is 3.13. The third-order valence-electron chi connectivity index (χ3n) is 0.498. The molecular weight excluding hydrogens is 159 g/mol. The van der Waals surface area contributed by atoms with Crippen LogP contribution in [0.2, 0.25) is 0 Å². The maximum absolute atomic E-state index is 10.0. The summed E-state index contributed by atoms with van der Waals surface area (Å²) in [5.74, 6) is -0.125. The molecule has 0 rings (SSSR count). The molecule has 0 unspecified atom stereocenters. The molecule has 0 aromatic rings. The second kappa shape index (κ2) is 7.88. The van der Waals surface area contributed by atoms with Crippen LogP contribution in [0, 0.1) is 0 Å². The van der Waals surface area contributed by atoms with Gasteiger partial charge in [-0.25, -0.2) is 0 Å². The van der Waals surface area contributed by atoms with Crippen LogP contribution in [0.15, 0.2) is 0 Å². The van der Waals surface area contributed by atoms with Gasteiger partial charge in [0.25, 0.3) is 0 Å². The summed E-state index contributed by atoms with van der Waals surface area (Å²) >= 11 is 0. The summed E-state index contributed by atoms with van der Waals surface area (Å²) in [5.41, 5.74) is 0. The molecule has 53 valence electrons. The molecule has 0 bridgehead atoms. The largest absolute Gasteiger partial charge is 0.412 e. The van der Waals surface area contributed by atoms with E-state index in [1.165, 1.54) is 13.8 Å². The third kappa shape index (κ3) is 18.1. The first-order valence-electron chi connectivity index (χ1n) is 2.12. The van der Waals surface area contributed by atoms with E-state index in [9.17, 15) is 9.59 Å². The molecule has 4 heteroatoms. The molecule has 0 aliphatic carbocycles. The van der Waals surface area contributed by atoms with E-state index in [0.29, 0.717) is 0 Å². The van der Waals surface area contributed by atoms with Gasteiger partial charge in [-0.3, -0.25) is 9.59 Å². The van der Waals surface area contributed by atoms with E-state index in [4.69, 9.17) is 0 Å². The molecule has 0 aliphatic heterocycles. The number of rotatable bonds is 2. The van der Waals surface area contributed by atoms with Gasteiger partial charge in [0, 0.05) is 18.6 Å². The zero-order valence-electron chi connectivity index (χ0n) is 5.47. The van der Waals surface area contributed by atoms with Gasteiger partial charge in [0.1, 0.15) is 11.6 Å². The fourth-order valence-electron chi connectivity index (χ4n) is 0.351. The monoisotopic (exact) mass is 169 g/mol. The predicted molar refractivity (Wildman–Crippen MR) is 29.6 cm³/mol. The van der Waals surface area contributed by atoms with Crippen molar-refractivity contribution in [3.63, 3.8) is 0 Å². The fraction of sp³-hybridized carbons (Fsp3) is 0.600. The van der Waals surface area contributed by atoms with Crippen molar-refractivity contribution in [1.82, 2.24) is 0 Å². The van der Waals surface area contributed by atoms with E-state index in [0.717, 1.165) is 0 Å². The molecule has 0 aromatic heterocycles. The van der Waals surface area contributed by atoms with Gasteiger partial charge in [0.15, 0.2) is 0 Å². The Hall–Kier alpha value is -0.116. The van der Waals surface area contributed by atoms with Crippen LogP contribution in [-0.4, -0.2) is 17.0 Å². The topological polar surface area (TPSA) is 65.6 Å². The summed E-state index contributed by atoms with van der Waals surface area (Å²) in [7, 11) is 0. The van der Waals surface area contributed by atoms with Crippen LogP contribution in [0.5, 0.6) is 0 Å². The van der Waals surface area contributed by atoms with E-state index in [1.807, 2.05) is 0 Å². The Bertz CT molecular complexity index is 88.4. The number of hydrogen-bond acceptors (Lipinski definition) is 2. The maximum atomic E-state index is 10.0. The molecule has 0 atom stereocenters. The Morgan fingerprint density at radius 1 is 1.11 bits per heavy atom. The zero-order chi connectivity index (χ0) is 5.86. The molecular formula is C5H10O3V. The van der Waals surface area contributed by atoms with Gasteiger partial charge >= 0.3 is 0 Å². The smallest absolute Gasteiger partial charge is 0.137 e. The van der Waals surface area contributed by atoms with E-state index >= 15 is 0 Å². The van der Waals surface area contributed by atoms with Gasteiger partial charge in [-0.05, 0) is 13.8 Å². The van der Waals surface area contributed by atoms with E-state index in [2.05, 4.69) is 0 Å². The van der Waals surface area contributed by atoms with Crippen molar-refractivity contribution in [3.05, 3.63) is 0 Å². The van der Waals surface area contributed by atoms with Crippen molar-refractivity contribution in [1.29, 1.82) is 0 Å². The molecule has 9 heavy (non-hydrogen) atoms. The van der Waals surface area contributed by atoms with E-state index in [1.54, 1.807) is 0 Å². The van der Waals surface area contributed by atoms with Crippen molar-refractivity contribution in [2.75, 3.05) is 0 Å². The minimum Gasteiger partial charge on any atom is -0.412 e. The molecule has 0 saturated heterocycles. The van der Waals surface area contributed by atoms with E-state index in [-0.39, 0.29) is 42.0 Å². The van der Waals surface area contributed by atoms with Crippen molar-refractivity contribution in [2.24, 2.45) is 0 Å². The molecule has 3 nitrogen and oxygen atoms in total. The van der Waals surface area contributed by atoms with Crippen molar-refractivity contribution in [3.8, 4) is 0 Å². The molecule has 0 aromatic carbocycles. The summed E-state index contributed by atoms with van der Waals surface area (Å²) < 4.78 is 0. The van der Waals surface area contributed by atoms with Gasteiger partial charge in [-0.1, -0.05) is 0 Å². The van der Waals surface area contributed by atoms with Crippen molar-refractivity contribution in [2.45, 2.75) is 20.3 Å². The van der Waals surface area contributed by atoms with Gasteiger partial charge < -0.3 is 5.48 Å². The molecule has 0 amide bonds.